The van der Waals surface area contributed by atoms with Gasteiger partial charge in [0.2, 0.25) is 5.71 Å². The molecule has 13 heteroatoms. The van der Waals surface area contributed by atoms with Crippen molar-refractivity contribution in [2.24, 2.45) is 0 Å². The van der Waals surface area contributed by atoms with Crippen LogP contribution in [0.1, 0.15) is 44.8 Å². The van der Waals surface area contributed by atoms with E-state index >= 15 is 0 Å². The van der Waals surface area contributed by atoms with Gasteiger partial charge >= 0.3 is 18.1 Å². The molecule has 1 amide bonds. The molecule has 0 aliphatic carbocycles. The van der Waals surface area contributed by atoms with E-state index in [0.717, 1.165) is 24.3 Å². The number of carbonyl (C=O) groups excluding carboxylic acids is 3. The molecular weight excluding hydrogens is 461 g/mol. The van der Waals surface area contributed by atoms with Crippen molar-refractivity contribution in [3.63, 3.8) is 0 Å². The summed E-state index contributed by atoms with van der Waals surface area (Å²) in [6.07, 6.45) is -4.53. The van der Waals surface area contributed by atoms with Gasteiger partial charge in [-0.1, -0.05) is 0 Å². The summed E-state index contributed by atoms with van der Waals surface area (Å²) in [4.78, 5) is 44.2. The highest BCUT2D eigenvalue weighted by molar-refractivity contribution is 6.07. The number of hydrogen-bond acceptors (Lipinski definition) is 9. The van der Waals surface area contributed by atoms with Gasteiger partial charge in [-0.15, -0.1) is 0 Å². The molecule has 180 valence electrons. The molecule has 0 bridgehead atoms. The van der Waals surface area contributed by atoms with Crippen LogP contribution in [-0.2, 0) is 27.1 Å². The highest BCUT2D eigenvalue weighted by Gasteiger charge is 2.30. The molecule has 0 fully saturated rings. The first-order valence-electron chi connectivity index (χ1n) is 9.85. The average Bonchev–Trinajstić information content (AvgIpc) is 3.12. The van der Waals surface area contributed by atoms with Gasteiger partial charge in [0, 0.05) is 5.56 Å². The number of esters is 2. The minimum Gasteiger partial charge on any atom is -0.462 e. The summed E-state index contributed by atoms with van der Waals surface area (Å²) < 4.78 is 53.2. The maximum atomic E-state index is 12.6. The smallest absolute Gasteiger partial charge is 0.416 e. The molecule has 2 heterocycles. The van der Waals surface area contributed by atoms with Gasteiger partial charge in [0.1, 0.15) is 23.7 Å². The summed E-state index contributed by atoms with van der Waals surface area (Å²) in [5, 5.41) is 2.42. The number of nitrogens with one attached hydrogen (secondary N) is 1. The normalized spacial score (nSPS) is 11.3. The molecule has 2 aromatic heterocycles. The van der Waals surface area contributed by atoms with Gasteiger partial charge in [0.25, 0.3) is 5.91 Å². The number of nitrogens with two attached hydrogens (primary N) is 1. The zero-order chi connectivity index (χ0) is 25.0. The second-order valence-corrected chi connectivity index (χ2v) is 6.88. The van der Waals surface area contributed by atoms with E-state index in [9.17, 15) is 27.6 Å². The number of nitrogens with zero attached hydrogens (tertiary/aromatic N) is 2. The van der Waals surface area contributed by atoms with Crippen molar-refractivity contribution in [2.45, 2.75) is 26.6 Å². The largest absolute Gasteiger partial charge is 0.462 e. The molecule has 34 heavy (non-hydrogen) atoms. The van der Waals surface area contributed by atoms with E-state index in [2.05, 4.69) is 15.3 Å². The van der Waals surface area contributed by atoms with Crippen LogP contribution in [0.25, 0.3) is 11.1 Å². The summed E-state index contributed by atoms with van der Waals surface area (Å²) in [7, 11) is 0. The number of benzene rings is 1. The lowest BCUT2D eigenvalue weighted by Gasteiger charge is -2.08. The third-order valence-electron chi connectivity index (χ3n) is 4.51. The van der Waals surface area contributed by atoms with Gasteiger partial charge in [-0.25, -0.2) is 9.78 Å². The van der Waals surface area contributed by atoms with Crippen LogP contribution in [0.5, 0.6) is 0 Å². The van der Waals surface area contributed by atoms with Crippen LogP contribution in [-0.4, -0.2) is 41.0 Å². The van der Waals surface area contributed by atoms with Crippen molar-refractivity contribution in [3.8, 4) is 0 Å². The summed E-state index contributed by atoms with van der Waals surface area (Å²) in [5.41, 5.74) is 5.07. The van der Waals surface area contributed by atoms with Crippen LogP contribution in [0.4, 0.5) is 19.0 Å². The number of aryl methyl sites for hydroxylation is 1. The predicted molar refractivity (Wildman–Crippen MR) is 110 cm³/mol. The Bertz CT molecular complexity index is 1240. The van der Waals surface area contributed by atoms with Gasteiger partial charge in [-0.3, -0.25) is 9.59 Å². The summed E-state index contributed by atoms with van der Waals surface area (Å²) in [6, 6.07) is 3.50. The fraction of sp³-hybridized carbons (Fsp3) is 0.286. The lowest BCUT2D eigenvalue weighted by Crippen LogP contribution is -2.30. The number of furan rings is 1. The van der Waals surface area contributed by atoms with Gasteiger partial charge in [-0.05, 0) is 38.1 Å². The first-order valence-corrected chi connectivity index (χ1v) is 9.85. The van der Waals surface area contributed by atoms with Crippen LogP contribution >= 0.6 is 0 Å². The van der Waals surface area contributed by atoms with Crippen molar-refractivity contribution < 1.29 is 41.4 Å². The molecule has 0 saturated heterocycles. The monoisotopic (exact) mass is 480 g/mol. The Balaban J connectivity index is 1.60. The molecule has 3 rings (SSSR count). The lowest BCUT2D eigenvalue weighted by atomic mass is 10.1. The molecule has 0 aliphatic heterocycles. The molecule has 3 N–H and O–H groups in total. The molecular formula is C21H19F3N4O6. The van der Waals surface area contributed by atoms with Crippen LogP contribution in [0.15, 0.2) is 28.7 Å². The number of fused-ring (bicyclic) bond motifs is 1. The number of halogens is 3. The molecule has 0 unspecified atom stereocenters. The van der Waals surface area contributed by atoms with Crippen LogP contribution in [0, 0.1) is 6.92 Å². The van der Waals surface area contributed by atoms with E-state index in [1.807, 2.05) is 0 Å². The van der Waals surface area contributed by atoms with E-state index in [-0.39, 0.29) is 46.2 Å². The van der Waals surface area contributed by atoms with E-state index in [0.29, 0.717) is 0 Å². The highest BCUT2D eigenvalue weighted by atomic mass is 19.4. The summed E-state index contributed by atoms with van der Waals surface area (Å²) in [6.45, 7) is 2.36. The van der Waals surface area contributed by atoms with Crippen molar-refractivity contribution in [1.29, 1.82) is 0 Å². The molecule has 0 atom stereocenters. The van der Waals surface area contributed by atoms with Crippen LogP contribution < -0.4 is 11.1 Å². The minimum absolute atomic E-state index is 0.00899. The Labute approximate surface area is 190 Å². The molecule has 3 aromatic rings. The Morgan fingerprint density at radius 1 is 1.12 bits per heavy atom. The number of nitrogen functional groups attached to an aromatic ring is 1. The quantitative estimate of drug-likeness (QED) is 0.487. The lowest BCUT2D eigenvalue weighted by molar-refractivity contribution is -0.144. The maximum Gasteiger partial charge on any atom is 0.416 e. The second kappa shape index (κ2) is 9.77. The van der Waals surface area contributed by atoms with Crippen molar-refractivity contribution >= 4 is 34.8 Å². The minimum atomic E-state index is -4.53. The van der Waals surface area contributed by atoms with Crippen LogP contribution in [0.2, 0.25) is 0 Å². The van der Waals surface area contributed by atoms with Crippen LogP contribution in [0.3, 0.4) is 0 Å². The fourth-order valence-electron chi connectivity index (χ4n) is 2.96. The van der Waals surface area contributed by atoms with E-state index in [1.54, 1.807) is 6.92 Å². The predicted octanol–water partition coefficient (Wildman–Crippen LogP) is 2.78. The number of hydrogen-bond donors (Lipinski definition) is 2. The first kappa shape index (κ1) is 24.5. The topological polar surface area (TPSA) is 147 Å². The fourth-order valence-corrected chi connectivity index (χ4v) is 2.96. The van der Waals surface area contributed by atoms with Crippen molar-refractivity contribution in [1.82, 2.24) is 15.3 Å². The number of rotatable bonds is 7. The Kier molecular flexibility index (Phi) is 7.03. The van der Waals surface area contributed by atoms with Gasteiger partial charge in [0.15, 0.2) is 12.4 Å². The number of ether oxygens (including phenoxy) is 2. The number of carbonyl (C=O) groups is 3. The van der Waals surface area contributed by atoms with Gasteiger partial charge in [-0.2, -0.15) is 18.2 Å². The first-order chi connectivity index (χ1) is 16.0. The van der Waals surface area contributed by atoms with Crippen molar-refractivity contribution in [3.05, 3.63) is 52.5 Å². The molecule has 0 saturated carbocycles. The summed E-state index contributed by atoms with van der Waals surface area (Å²) >= 11 is 0. The van der Waals surface area contributed by atoms with Gasteiger partial charge in [0.05, 0.1) is 17.6 Å². The number of aromatic nitrogens is 2. The zero-order valence-corrected chi connectivity index (χ0v) is 18.0. The SMILES string of the molecule is CCOC(=O)c1c(C)oc2nc(COC(=O)CNC(=O)c3ccc(C(F)(F)F)cc3)nc(N)c12. The van der Waals surface area contributed by atoms with Crippen molar-refractivity contribution in [2.75, 3.05) is 18.9 Å². The number of anilines is 1. The van der Waals surface area contributed by atoms with Gasteiger partial charge < -0.3 is 24.9 Å². The third kappa shape index (κ3) is 5.42. The number of amides is 1. The molecule has 0 radical (unpaired) electrons. The summed E-state index contributed by atoms with van der Waals surface area (Å²) in [5.74, 6) is -2.12. The molecule has 0 aliphatic rings. The highest BCUT2D eigenvalue weighted by Crippen LogP contribution is 2.30. The Hall–Kier alpha value is -4.16. The van der Waals surface area contributed by atoms with E-state index in [1.165, 1.54) is 6.92 Å². The maximum absolute atomic E-state index is 12.6. The number of alkyl halides is 3. The zero-order valence-electron chi connectivity index (χ0n) is 18.0. The molecule has 10 nitrogen and oxygen atoms in total. The second-order valence-electron chi connectivity index (χ2n) is 6.88. The Morgan fingerprint density at radius 2 is 1.79 bits per heavy atom. The Morgan fingerprint density at radius 3 is 2.41 bits per heavy atom. The standard InChI is InChI=1S/C21H19F3N4O6/c1-3-32-20(31)15-10(2)34-19-16(15)17(25)27-13(28-19)9-33-14(29)8-26-18(30)11-4-6-12(7-5-11)21(22,23)24/h4-7H,3,8-9H2,1-2H3,(H,26,30)(H2,25,27,28). The molecule has 0 spiro atoms. The average molecular weight is 480 g/mol. The van der Waals surface area contributed by atoms with E-state index in [4.69, 9.17) is 19.6 Å². The third-order valence-corrected chi connectivity index (χ3v) is 4.51. The molecule has 1 aromatic carbocycles. The van der Waals surface area contributed by atoms with E-state index < -0.39 is 42.7 Å².